The Kier molecular flexibility index (Phi) is 7.47. The Bertz CT molecular complexity index is 1400. The zero-order chi connectivity index (χ0) is 28.0. The van der Waals surface area contributed by atoms with Gasteiger partial charge in [0.15, 0.2) is 27.3 Å². The molecule has 0 aromatic heterocycles. The van der Waals surface area contributed by atoms with E-state index in [-0.39, 0.29) is 40.4 Å². The van der Waals surface area contributed by atoms with Crippen molar-refractivity contribution in [3.63, 3.8) is 0 Å². The molecule has 0 saturated heterocycles. The number of nitrogens with one attached hydrogen (secondary N) is 2. The highest BCUT2D eigenvalue weighted by Gasteiger charge is 2.60. The van der Waals surface area contributed by atoms with E-state index in [9.17, 15) is 41.1 Å². The van der Waals surface area contributed by atoms with Crippen LogP contribution in [0, 0.1) is 29.3 Å². The lowest BCUT2D eigenvalue weighted by Gasteiger charge is -2.58. The van der Waals surface area contributed by atoms with Gasteiger partial charge in [-0.1, -0.05) is 11.6 Å². The molecule has 2 amide bonds. The van der Waals surface area contributed by atoms with Crippen molar-refractivity contribution in [3.05, 3.63) is 58.4 Å². The van der Waals surface area contributed by atoms with Crippen LogP contribution in [0.1, 0.15) is 36.0 Å². The number of rotatable bonds is 8. The Labute approximate surface area is 219 Å². The maximum Gasteiger partial charge on any atom is 0.322 e. The molecule has 2 aromatic rings. The van der Waals surface area contributed by atoms with E-state index >= 15 is 0 Å². The number of benzene rings is 2. The summed E-state index contributed by atoms with van der Waals surface area (Å²) in [5, 5.41) is 22.9. The lowest BCUT2D eigenvalue weighted by Crippen LogP contribution is -2.63. The molecule has 3 aliphatic carbocycles. The van der Waals surface area contributed by atoms with Crippen molar-refractivity contribution in [2.45, 2.75) is 41.4 Å². The van der Waals surface area contributed by atoms with Crippen LogP contribution < -0.4 is 10.6 Å². The molecule has 38 heavy (non-hydrogen) atoms. The van der Waals surface area contributed by atoms with E-state index in [1.165, 1.54) is 12.1 Å². The number of carboxylic acids is 1. The fourth-order valence-corrected chi connectivity index (χ4v) is 7.57. The first-order chi connectivity index (χ1) is 17.7. The summed E-state index contributed by atoms with van der Waals surface area (Å²) in [6, 6.07) is 4.55. The van der Waals surface area contributed by atoms with Gasteiger partial charge in [-0.05, 0) is 49.3 Å². The summed E-state index contributed by atoms with van der Waals surface area (Å²) in [5.74, 6) is -8.61. The predicted octanol–water partition coefficient (Wildman–Crippen LogP) is 2.90. The second-order valence-corrected chi connectivity index (χ2v) is 12.1. The topological polar surface area (TPSA) is 150 Å². The number of carbonyl (C=O) groups is 3. The van der Waals surface area contributed by atoms with Gasteiger partial charge in [-0.15, -0.1) is 0 Å². The number of sulfone groups is 1. The molecule has 4 N–H and O–H groups in total. The molecule has 2 bridgehead atoms. The Morgan fingerprint density at radius 3 is 2.21 bits per heavy atom. The minimum atomic E-state index is -4.11. The minimum absolute atomic E-state index is 0.0163. The normalized spacial score (nSPS) is 24.3. The molecular weight excluding hydrogens is 553 g/mol. The molecule has 2 aromatic carbocycles. The minimum Gasteiger partial charge on any atom is -0.480 e. The fourth-order valence-electron chi connectivity index (χ4n) is 5.17. The zero-order valence-electron chi connectivity index (χ0n) is 19.5. The highest BCUT2D eigenvalue weighted by atomic mass is 35.5. The van der Waals surface area contributed by atoms with Gasteiger partial charge < -0.3 is 20.8 Å². The summed E-state index contributed by atoms with van der Waals surface area (Å²) in [6.45, 7) is -0.602. The summed E-state index contributed by atoms with van der Waals surface area (Å²) in [7, 11) is -4.11. The molecule has 0 aliphatic heterocycles. The van der Waals surface area contributed by atoms with Crippen molar-refractivity contribution >= 4 is 44.9 Å². The van der Waals surface area contributed by atoms with Crippen molar-refractivity contribution in [1.29, 1.82) is 0 Å². The van der Waals surface area contributed by atoms with E-state index in [0.29, 0.717) is 18.6 Å². The number of halogens is 4. The molecule has 2 atom stereocenters. The van der Waals surface area contributed by atoms with Crippen LogP contribution in [0.15, 0.2) is 35.2 Å². The molecule has 14 heteroatoms. The smallest absolute Gasteiger partial charge is 0.322 e. The maximum atomic E-state index is 13.5. The Morgan fingerprint density at radius 1 is 1.03 bits per heavy atom. The number of fused-ring (bicyclic) bond motifs is 2. The lowest BCUT2D eigenvalue weighted by molar-refractivity contribution is -0.184. The third-order valence-electron chi connectivity index (χ3n) is 7.14. The summed E-state index contributed by atoms with van der Waals surface area (Å²) < 4.78 is 67.1. The third-order valence-corrected chi connectivity index (χ3v) is 9.79. The van der Waals surface area contributed by atoms with Crippen molar-refractivity contribution in [2.75, 3.05) is 11.9 Å². The van der Waals surface area contributed by atoms with Crippen LogP contribution >= 0.6 is 11.6 Å². The number of anilines is 1. The van der Waals surface area contributed by atoms with Gasteiger partial charge in [0.05, 0.1) is 27.2 Å². The van der Waals surface area contributed by atoms with Crippen LogP contribution in [0.25, 0.3) is 0 Å². The van der Waals surface area contributed by atoms with Crippen LogP contribution in [0.4, 0.5) is 18.9 Å². The number of carbonyl (C=O) groups excluding carboxylic acids is 2. The fraction of sp³-hybridized carbons (Fsp3) is 0.375. The Hall–Kier alpha value is -3.16. The van der Waals surface area contributed by atoms with E-state index in [1.54, 1.807) is 0 Å². The maximum absolute atomic E-state index is 13.5. The first kappa shape index (κ1) is 27.9. The van der Waals surface area contributed by atoms with Gasteiger partial charge in [0.1, 0.15) is 6.54 Å². The molecule has 3 aliphatic rings. The largest absolute Gasteiger partial charge is 0.480 e. The molecule has 9 nitrogen and oxygen atoms in total. The third kappa shape index (κ3) is 5.22. The SMILES string of the molecule is O=C(O)CNC(=O)CC1(O)C2CC1CC(S(=O)(=O)c1cc(C(=O)Nc3cc(F)c(F)c(F)c3)ccc1Cl)C2. The highest BCUT2D eigenvalue weighted by Crippen LogP contribution is 2.57. The first-order valence-electron chi connectivity index (χ1n) is 11.4. The van der Waals surface area contributed by atoms with E-state index < -0.39 is 74.3 Å². The van der Waals surface area contributed by atoms with Crippen LogP contribution in [-0.2, 0) is 19.4 Å². The summed E-state index contributed by atoms with van der Waals surface area (Å²) in [4.78, 5) is 35.0. The van der Waals surface area contributed by atoms with Crippen molar-refractivity contribution in [2.24, 2.45) is 11.8 Å². The summed E-state index contributed by atoms with van der Waals surface area (Å²) in [5.41, 5.74) is -2.03. The van der Waals surface area contributed by atoms with Crippen LogP contribution in [0.3, 0.4) is 0 Å². The van der Waals surface area contributed by atoms with Gasteiger partial charge in [-0.25, -0.2) is 21.6 Å². The zero-order valence-corrected chi connectivity index (χ0v) is 21.1. The van der Waals surface area contributed by atoms with Gasteiger partial charge in [-0.3, -0.25) is 14.4 Å². The molecular formula is C24H22ClF3N2O7S. The Balaban J connectivity index is 1.49. The van der Waals surface area contributed by atoms with Crippen LogP contribution in [0.2, 0.25) is 5.02 Å². The second-order valence-electron chi connectivity index (χ2n) is 9.46. The standard InChI is InChI=1S/C24H22ClF3N2O7S/c25-16-2-1-11(23(34)30-14-7-17(26)22(28)18(27)8-14)3-19(16)38(36,37)15-5-12-4-13(6-15)24(12,35)9-20(31)29-10-21(32)33/h1-3,7-8,12-13,15,35H,4-6,9-10H2,(H,29,31)(H,30,34)(H,32,33). The van der Waals surface area contributed by atoms with Gasteiger partial charge in [0.2, 0.25) is 5.91 Å². The number of aliphatic hydroxyl groups is 1. The number of hydrogen-bond donors (Lipinski definition) is 4. The monoisotopic (exact) mass is 574 g/mol. The van der Waals surface area contributed by atoms with Gasteiger partial charge in [0.25, 0.3) is 5.91 Å². The summed E-state index contributed by atoms with van der Waals surface area (Å²) >= 11 is 6.15. The highest BCUT2D eigenvalue weighted by molar-refractivity contribution is 7.92. The second kappa shape index (κ2) is 10.2. The first-order valence-corrected chi connectivity index (χ1v) is 13.3. The molecule has 204 valence electrons. The summed E-state index contributed by atoms with van der Waals surface area (Å²) in [6.07, 6.45) is 0.171. The van der Waals surface area contributed by atoms with E-state index in [2.05, 4.69) is 10.6 Å². The molecule has 3 saturated carbocycles. The number of amides is 2. The van der Waals surface area contributed by atoms with Crippen molar-refractivity contribution in [1.82, 2.24) is 5.32 Å². The van der Waals surface area contributed by atoms with Gasteiger partial charge in [-0.2, -0.15) is 0 Å². The molecule has 2 unspecified atom stereocenters. The van der Waals surface area contributed by atoms with E-state index in [0.717, 1.165) is 6.07 Å². The van der Waals surface area contributed by atoms with Crippen LogP contribution in [0.5, 0.6) is 0 Å². The quantitative estimate of drug-likeness (QED) is 0.354. The van der Waals surface area contributed by atoms with Crippen molar-refractivity contribution < 1.29 is 46.2 Å². The van der Waals surface area contributed by atoms with E-state index in [1.807, 2.05) is 0 Å². The predicted molar refractivity (Wildman–Crippen MR) is 128 cm³/mol. The number of hydrogen-bond acceptors (Lipinski definition) is 6. The van der Waals surface area contributed by atoms with Crippen LogP contribution in [-0.4, -0.2) is 53.8 Å². The van der Waals surface area contributed by atoms with Crippen molar-refractivity contribution in [3.8, 4) is 0 Å². The van der Waals surface area contributed by atoms with E-state index in [4.69, 9.17) is 16.7 Å². The molecule has 3 fully saturated rings. The molecule has 0 heterocycles. The van der Waals surface area contributed by atoms with Gasteiger partial charge in [0, 0.05) is 23.4 Å². The number of carboxylic acid groups (broad SMARTS) is 1. The average Bonchev–Trinajstić information content (AvgIpc) is 2.86. The Morgan fingerprint density at radius 2 is 1.63 bits per heavy atom. The van der Waals surface area contributed by atoms with Gasteiger partial charge >= 0.3 is 5.97 Å². The molecule has 0 spiro atoms. The molecule has 0 radical (unpaired) electrons. The number of aliphatic carboxylic acids is 1. The lowest BCUT2D eigenvalue weighted by atomic mass is 9.52. The average molecular weight is 575 g/mol. The molecule has 5 rings (SSSR count).